The first kappa shape index (κ1) is 23.1. The number of carboxylic acid groups (broad SMARTS) is 1. The Morgan fingerprint density at radius 2 is 1.55 bits per heavy atom. The van der Waals surface area contributed by atoms with Crippen LogP contribution in [0.25, 0.3) is 0 Å². The van der Waals surface area contributed by atoms with Crippen LogP contribution in [0.15, 0.2) is 72.8 Å². The summed E-state index contributed by atoms with van der Waals surface area (Å²) in [6.45, 7) is 1.43. The number of rotatable bonds is 8. The van der Waals surface area contributed by atoms with E-state index in [0.717, 1.165) is 11.3 Å². The first-order valence-corrected chi connectivity index (χ1v) is 10.00. The molecule has 0 atom stereocenters. The van der Waals surface area contributed by atoms with Gasteiger partial charge in [0.2, 0.25) is 0 Å². The second-order valence-corrected chi connectivity index (χ2v) is 7.00. The summed E-state index contributed by atoms with van der Waals surface area (Å²) in [6.07, 6.45) is -0.662. The van der Waals surface area contributed by atoms with Gasteiger partial charge in [-0.1, -0.05) is 30.3 Å². The third kappa shape index (κ3) is 7.59. The highest BCUT2D eigenvalue weighted by molar-refractivity contribution is 6.00. The molecule has 3 rings (SSSR count). The lowest BCUT2D eigenvalue weighted by Gasteiger charge is -2.11. The molecule has 0 aromatic heterocycles. The normalized spacial score (nSPS) is 10.1. The highest BCUT2D eigenvalue weighted by atomic mass is 16.5. The van der Waals surface area contributed by atoms with Crippen molar-refractivity contribution in [2.45, 2.75) is 13.5 Å². The molecule has 4 N–H and O–H groups in total. The minimum absolute atomic E-state index is 0.0190. The number of aryl methyl sites for hydroxylation is 1. The summed E-state index contributed by atoms with van der Waals surface area (Å²) < 4.78 is 10.3. The van der Waals surface area contributed by atoms with Gasteiger partial charge in [-0.25, -0.2) is 14.4 Å². The van der Waals surface area contributed by atoms with Crippen LogP contribution in [-0.2, 0) is 16.1 Å². The van der Waals surface area contributed by atoms with Crippen molar-refractivity contribution >= 4 is 35.2 Å². The molecule has 0 unspecified atom stereocenters. The van der Waals surface area contributed by atoms with E-state index in [0.29, 0.717) is 22.7 Å². The Labute approximate surface area is 190 Å². The second-order valence-electron chi connectivity index (χ2n) is 7.00. The van der Waals surface area contributed by atoms with Gasteiger partial charge >= 0.3 is 18.1 Å². The fourth-order valence-corrected chi connectivity index (χ4v) is 2.81. The van der Waals surface area contributed by atoms with Crippen LogP contribution in [-0.4, -0.2) is 29.8 Å². The number of nitrogens with one attached hydrogen (secondary N) is 3. The first-order chi connectivity index (χ1) is 15.9. The smallest absolute Gasteiger partial charge is 0.411 e. The molecule has 0 aliphatic heterocycles. The maximum atomic E-state index is 12.2. The van der Waals surface area contributed by atoms with Crippen LogP contribution in [0.3, 0.4) is 0 Å². The number of anilines is 3. The molecule has 0 spiro atoms. The van der Waals surface area contributed by atoms with Gasteiger partial charge in [-0.2, -0.15) is 0 Å². The summed E-state index contributed by atoms with van der Waals surface area (Å²) in [5.74, 6) is -0.711. The van der Waals surface area contributed by atoms with Crippen molar-refractivity contribution in [3.63, 3.8) is 0 Å². The summed E-state index contributed by atoms with van der Waals surface area (Å²) in [7, 11) is 0. The van der Waals surface area contributed by atoms with Crippen molar-refractivity contribution < 1.29 is 29.0 Å². The molecule has 3 aromatic rings. The van der Waals surface area contributed by atoms with Gasteiger partial charge in [-0.3, -0.25) is 5.32 Å². The molecule has 0 saturated heterocycles. The van der Waals surface area contributed by atoms with E-state index in [2.05, 4.69) is 16.0 Å². The number of aliphatic carboxylic acids is 1. The Bertz CT molecular complexity index is 1130. The maximum absolute atomic E-state index is 12.2. The summed E-state index contributed by atoms with van der Waals surface area (Å²) in [5.41, 5.74) is 3.36. The van der Waals surface area contributed by atoms with Gasteiger partial charge in [0.25, 0.3) is 0 Å². The predicted molar refractivity (Wildman–Crippen MR) is 124 cm³/mol. The van der Waals surface area contributed by atoms with Gasteiger partial charge in [0.05, 0.1) is 0 Å². The topological polar surface area (TPSA) is 126 Å². The van der Waals surface area contributed by atoms with Crippen LogP contribution in [0, 0.1) is 6.92 Å². The highest BCUT2D eigenvalue weighted by Gasteiger charge is 2.07. The van der Waals surface area contributed by atoms with E-state index in [1.54, 1.807) is 48.5 Å². The van der Waals surface area contributed by atoms with Gasteiger partial charge in [0, 0.05) is 17.1 Å². The van der Waals surface area contributed by atoms with Gasteiger partial charge < -0.3 is 25.2 Å². The van der Waals surface area contributed by atoms with Crippen LogP contribution in [0.1, 0.15) is 11.1 Å². The fourth-order valence-electron chi connectivity index (χ4n) is 2.81. The van der Waals surface area contributed by atoms with E-state index in [9.17, 15) is 14.4 Å². The number of amides is 3. The minimum Gasteiger partial charge on any atom is -0.482 e. The summed E-state index contributed by atoms with van der Waals surface area (Å²) >= 11 is 0. The molecular formula is C24H23N3O6. The third-order valence-electron chi connectivity index (χ3n) is 4.41. The van der Waals surface area contributed by atoms with Crippen LogP contribution >= 0.6 is 0 Å². The lowest BCUT2D eigenvalue weighted by molar-refractivity contribution is -0.139. The van der Waals surface area contributed by atoms with Crippen molar-refractivity contribution in [3.8, 4) is 5.75 Å². The SMILES string of the molecule is Cc1ccccc1NC(=O)Nc1ccc(NC(=O)OCc2cccc(OCC(=O)O)c2)cc1. The van der Waals surface area contributed by atoms with Crippen LogP contribution in [0.5, 0.6) is 5.75 Å². The molecule has 9 heteroatoms. The molecule has 0 aliphatic rings. The van der Waals surface area contributed by atoms with Gasteiger partial charge in [-0.15, -0.1) is 0 Å². The Hall–Kier alpha value is -4.53. The number of urea groups is 1. The van der Waals surface area contributed by atoms with Crippen molar-refractivity contribution in [2.75, 3.05) is 22.6 Å². The van der Waals surface area contributed by atoms with Crippen LogP contribution in [0.2, 0.25) is 0 Å². The number of carbonyl (C=O) groups is 3. The Morgan fingerprint density at radius 1 is 0.848 bits per heavy atom. The average molecular weight is 449 g/mol. The molecule has 170 valence electrons. The quantitative estimate of drug-likeness (QED) is 0.389. The summed E-state index contributed by atoms with van der Waals surface area (Å²) in [4.78, 5) is 34.8. The third-order valence-corrected chi connectivity index (χ3v) is 4.41. The molecule has 3 aromatic carbocycles. The van der Waals surface area contributed by atoms with Crippen LogP contribution in [0.4, 0.5) is 26.7 Å². The van der Waals surface area contributed by atoms with Crippen molar-refractivity contribution in [2.24, 2.45) is 0 Å². The Kier molecular flexibility index (Phi) is 7.85. The molecule has 0 bridgehead atoms. The lowest BCUT2D eigenvalue weighted by atomic mass is 10.2. The van der Waals surface area contributed by atoms with Gasteiger partial charge in [-0.05, 0) is 60.5 Å². The molecule has 0 saturated carbocycles. The lowest BCUT2D eigenvalue weighted by Crippen LogP contribution is -2.20. The number of carbonyl (C=O) groups excluding carboxylic acids is 2. The van der Waals surface area contributed by atoms with E-state index in [-0.39, 0.29) is 12.6 Å². The number of hydrogen-bond acceptors (Lipinski definition) is 5. The number of para-hydroxylation sites is 1. The largest absolute Gasteiger partial charge is 0.482 e. The van der Waals surface area contributed by atoms with E-state index in [4.69, 9.17) is 14.6 Å². The standard InChI is InChI=1S/C24H23N3O6/c1-16-5-2-3-8-21(16)27-23(30)25-18-9-11-19(12-10-18)26-24(31)33-14-17-6-4-7-20(13-17)32-15-22(28)29/h2-13H,14-15H2,1H3,(H,26,31)(H,28,29)(H2,25,27,30). The van der Waals surface area contributed by atoms with Crippen molar-refractivity contribution in [3.05, 3.63) is 83.9 Å². The van der Waals surface area contributed by atoms with Gasteiger partial charge in [0.15, 0.2) is 6.61 Å². The molecule has 0 fully saturated rings. The number of carboxylic acids is 1. The molecule has 0 radical (unpaired) electrons. The first-order valence-electron chi connectivity index (χ1n) is 10.00. The van der Waals surface area contributed by atoms with E-state index >= 15 is 0 Å². The van der Waals surface area contributed by atoms with E-state index in [1.807, 2.05) is 31.2 Å². The maximum Gasteiger partial charge on any atom is 0.411 e. The zero-order chi connectivity index (χ0) is 23.6. The zero-order valence-corrected chi connectivity index (χ0v) is 17.8. The highest BCUT2D eigenvalue weighted by Crippen LogP contribution is 2.17. The van der Waals surface area contributed by atoms with Gasteiger partial charge in [0.1, 0.15) is 12.4 Å². The molecule has 33 heavy (non-hydrogen) atoms. The number of benzene rings is 3. The average Bonchev–Trinajstić information content (AvgIpc) is 2.79. The Balaban J connectivity index is 1.46. The molecule has 9 nitrogen and oxygen atoms in total. The van der Waals surface area contributed by atoms with E-state index in [1.165, 1.54) is 0 Å². The monoisotopic (exact) mass is 449 g/mol. The molecule has 3 amide bonds. The zero-order valence-electron chi connectivity index (χ0n) is 17.8. The molecule has 0 heterocycles. The Morgan fingerprint density at radius 3 is 2.24 bits per heavy atom. The molecule has 0 aliphatic carbocycles. The number of hydrogen-bond donors (Lipinski definition) is 4. The summed E-state index contributed by atoms with van der Waals surface area (Å²) in [5, 5.41) is 16.8. The minimum atomic E-state index is -1.08. The predicted octanol–water partition coefficient (Wildman–Crippen LogP) is 4.85. The number of ether oxygens (including phenoxy) is 2. The van der Waals surface area contributed by atoms with E-state index < -0.39 is 18.7 Å². The molecular weight excluding hydrogens is 426 g/mol. The second kappa shape index (κ2) is 11.2. The summed E-state index contributed by atoms with van der Waals surface area (Å²) in [6, 6.07) is 20.2. The van der Waals surface area contributed by atoms with Crippen molar-refractivity contribution in [1.82, 2.24) is 0 Å². The van der Waals surface area contributed by atoms with Crippen LogP contribution < -0.4 is 20.7 Å². The van der Waals surface area contributed by atoms with Crippen molar-refractivity contribution in [1.29, 1.82) is 0 Å². The fraction of sp³-hybridized carbons (Fsp3) is 0.125.